The lowest BCUT2D eigenvalue weighted by atomic mass is 10.1. The van der Waals surface area contributed by atoms with Crippen molar-refractivity contribution in [1.29, 1.82) is 0 Å². The maximum Gasteiger partial charge on any atom is 0.251 e. The summed E-state index contributed by atoms with van der Waals surface area (Å²) in [4.78, 5) is 18.5. The van der Waals surface area contributed by atoms with Gasteiger partial charge >= 0.3 is 0 Å². The molecule has 0 unspecified atom stereocenters. The fourth-order valence-electron chi connectivity index (χ4n) is 3.08. The molecule has 1 fully saturated rings. The number of halogens is 1. The Morgan fingerprint density at radius 2 is 2.15 bits per heavy atom. The smallest absolute Gasteiger partial charge is 0.251 e. The molecule has 7 nitrogen and oxygen atoms in total. The van der Waals surface area contributed by atoms with Gasteiger partial charge in [-0.3, -0.25) is 4.79 Å². The SMILES string of the molecule is O=C(N[C@H]1CCN(c2ncccc2F)C1)c1cccc(-n2ccnn2)c1. The largest absolute Gasteiger partial charge is 0.352 e. The first kappa shape index (κ1) is 16.2. The molecule has 4 rings (SSSR count). The molecule has 0 radical (unpaired) electrons. The van der Waals surface area contributed by atoms with E-state index < -0.39 is 0 Å². The number of pyridine rings is 1. The highest BCUT2D eigenvalue weighted by Gasteiger charge is 2.26. The van der Waals surface area contributed by atoms with Crippen LogP contribution in [0.2, 0.25) is 0 Å². The molecule has 1 aromatic carbocycles. The Bertz CT molecular complexity index is 914. The van der Waals surface area contributed by atoms with E-state index in [4.69, 9.17) is 0 Å². The summed E-state index contributed by atoms with van der Waals surface area (Å²) in [6.07, 6.45) is 5.61. The Morgan fingerprint density at radius 3 is 2.96 bits per heavy atom. The molecule has 0 spiro atoms. The highest BCUT2D eigenvalue weighted by Crippen LogP contribution is 2.21. The van der Waals surface area contributed by atoms with Crippen LogP contribution in [0.25, 0.3) is 5.69 Å². The fraction of sp³-hybridized carbons (Fsp3) is 0.222. The highest BCUT2D eigenvalue weighted by molar-refractivity contribution is 5.95. The molecule has 3 aromatic rings. The fourth-order valence-corrected chi connectivity index (χ4v) is 3.08. The average Bonchev–Trinajstić information content (AvgIpc) is 3.34. The van der Waals surface area contributed by atoms with Crippen LogP contribution in [0.1, 0.15) is 16.8 Å². The van der Waals surface area contributed by atoms with Gasteiger partial charge in [-0.2, -0.15) is 0 Å². The number of benzene rings is 1. The van der Waals surface area contributed by atoms with Gasteiger partial charge in [-0.1, -0.05) is 11.3 Å². The van der Waals surface area contributed by atoms with Crippen molar-refractivity contribution in [3.8, 4) is 5.69 Å². The van der Waals surface area contributed by atoms with E-state index in [0.717, 1.165) is 12.1 Å². The van der Waals surface area contributed by atoms with Crippen molar-refractivity contribution >= 4 is 11.7 Å². The summed E-state index contributed by atoms with van der Waals surface area (Å²) >= 11 is 0. The topological polar surface area (TPSA) is 75.9 Å². The summed E-state index contributed by atoms with van der Waals surface area (Å²) in [7, 11) is 0. The van der Waals surface area contributed by atoms with Crippen LogP contribution in [0.15, 0.2) is 55.0 Å². The summed E-state index contributed by atoms with van der Waals surface area (Å²) in [6.45, 7) is 1.18. The molecule has 0 aliphatic carbocycles. The average molecular weight is 352 g/mol. The zero-order valence-corrected chi connectivity index (χ0v) is 13.9. The van der Waals surface area contributed by atoms with Gasteiger partial charge in [0.05, 0.1) is 18.1 Å². The van der Waals surface area contributed by atoms with Crippen molar-refractivity contribution in [3.63, 3.8) is 0 Å². The standard InChI is InChI=1S/C18H17FN6O/c19-16-5-2-7-20-17(16)24-9-6-14(12-24)22-18(26)13-3-1-4-15(11-13)25-10-8-21-23-25/h1-5,7-8,10-11,14H,6,9,12H2,(H,22,26)/t14-/m0/s1. The van der Waals surface area contributed by atoms with Crippen LogP contribution in [-0.2, 0) is 0 Å². The molecule has 1 amide bonds. The van der Waals surface area contributed by atoms with Crippen molar-refractivity contribution < 1.29 is 9.18 Å². The van der Waals surface area contributed by atoms with E-state index in [0.29, 0.717) is 24.5 Å². The molecule has 1 aliphatic heterocycles. The monoisotopic (exact) mass is 352 g/mol. The number of nitrogens with one attached hydrogen (secondary N) is 1. The third-order valence-corrected chi connectivity index (χ3v) is 4.36. The highest BCUT2D eigenvalue weighted by atomic mass is 19.1. The van der Waals surface area contributed by atoms with Crippen LogP contribution in [0.3, 0.4) is 0 Å². The first-order chi connectivity index (χ1) is 12.7. The molecule has 0 saturated carbocycles. The zero-order valence-electron chi connectivity index (χ0n) is 13.9. The Hall–Kier alpha value is -3.29. The number of carbonyl (C=O) groups excluding carboxylic acids is 1. The predicted octanol–water partition coefficient (Wildman–Crippen LogP) is 1.81. The van der Waals surface area contributed by atoms with Crippen molar-refractivity contribution in [1.82, 2.24) is 25.3 Å². The third kappa shape index (κ3) is 3.26. The number of hydrogen-bond acceptors (Lipinski definition) is 5. The van der Waals surface area contributed by atoms with Crippen LogP contribution in [0.4, 0.5) is 10.2 Å². The van der Waals surface area contributed by atoms with Crippen LogP contribution in [-0.4, -0.2) is 45.0 Å². The lowest BCUT2D eigenvalue weighted by Crippen LogP contribution is -2.37. The van der Waals surface area contributed by atoms with Crippen LogP contribution in [0.5, 0.6) is 0 Å². The predicted molar refractivity (Wildman–Crippen MR) is 93.6 cm³/mol. The minimum atomic E-state index is -0.347. The van der Waals surface area contributed by atoms with E-state index in [1.54, 1.807) is 47.5 Å². The summed E-state index contributed by atoms with van der Waals surface area (Å²) in [5, 5.41) is 10.7. The van der Waals surface area contributed by atoms with Gasteiger partial charge in [0.2, 0.25) is 0 Å². The third-order valence-electron chi connectivity index (χ3n) is 4.36. The lowest BCUT2D eigenvalue weighted by molar-refractivity contribution is 0.0940. The minimum Gasteiger partial charge on any atom is -0.352 e. The number of hydrogen-bond donors (Lipinski definition) is 1. The Morgan fingerprint density at radius 1 is 1.23 bits per heavy atom. The zero-order chi connectivity index (χ0) is 17.9. The quantitative estimate of drug-likeness (QED) is 0.775. The normalized spacial score (nSPS) is 16.7. The molecule has 1 N–H and O–H groups in total. The molecule has 1 atom stereocenters. The second-order valence-electron chi connectivity index (χ2n) is 6.11. The van der Waals surface area contributed by atoms with Crippen LogP contribution < -0.4 is 10.2 Å². The summed E-state index contributed by atoms with van der Waals surface area (Å²) in [5.74, 6) is -0.183. The van der Waals surface area contributed by atoms with Crippen molar-refractivity contribution in [2.24, 2.45) is 0 Å². The number of nitrogens with zero attached hydrogens (tertiary/aromatic N) is 5. The van der Waals surface area contributed by atoms with E-state index in [1.165, 1.54) is 6.07 Å². The molecule has 26 heavy (non-hydrogen) atoms. The second-order valence-corrected chi connectivity index (χ2v) is 6.11. The van der Waals surface area contributed by atoms with E-state index in [2.05, 4.69) is 20.6 Å². The number of aromatic nitrogens is 4. The number of anilines is 1. The molecule has 8 heteroatoms. The molecule has 132 valence electrons. The molecular formula is C18H17FN6O. The number of rotatable bonds is 4. The Balaban J connectivity index is 1.43. The van der Waals surface area contributed by atoms with E-state index in [1.807, 2.05) is 11.0 Å². The maximum atomic E-state index is 13.9. The van der Waals surface area contributed by atoms with Gasteiger partial charge in [-0.25, -0.2) is 14.1 Å². The molecule has 3 heterocycles. The van der Waals surface area contributed by atoms with Gasteiger partial charge in [0.25, 0.3) is 5.91 Å². The first-order valence-electron chi connectivity index (χ1n) is 8.34. The van der Waals surface area contributed by atoms with Gasteiger partial charge in [0.1, 0.15) is 0 Å². The number of amides is 1. The van der Waals surface area contributed by atoms with Gasteiger partial charge in [-0.05, 0) is 36.8 Å². The molecule has 1 aliphatic rings. The molecule has 1 saturated heterocycles. The molecule has 2 aromatic heterocycles. The molecular weight excluding hydrogens is 335 g/mol. The first-order valence-corrected chi connectivity index (χ1v) is 8.34. The molecule has 0 bridgehead atoms. The van der Waals surface area contributed by atoms with Crippen molar-refractivity contribution in [2.75, 3.05) is 18.0 Å². The van der Waals surface area contributed by atoms with E-state index in [-0.39, 0.29) is 17.8 Å². The maximum absolute atomic E-state index is 13.9. The van der Waals surface area contributed by atoms with Crippen LogP contribution >= 0.6 is 0 Å². The van der Waals surface area contributed by atoms with Gasteiger partial charge in [0, 0.05) is 30.9 Å². The summed E-state index contributed by atoms with van der Waals surface area (Å²) in [5.41, 5.74) is 1.30. The van der Waals surface area contributed by atoms with Crippen LogP contribution in [0, 0.1) is 5.82 Å². The summed E-state index contributed by atoms with van der Waals surface area (Å²) < 4.78 is 15.5. The summed E-state index contributed by atoms with van der Waals surface area (Å²) in [6, 6.07) is 10.1. The van der Waals surface area contributed by atoms with E-state index >= 15 is 0 Å². The number of carbonyl (C=O) groups is 1. The van der Waals surface area contributed by atoms with Gasteiger partial charge < -0.3 is 10.2 Å². The van der Waals surface area contributed by atoms with Gasteiger partial charge in [0.15, 0.2) is 11.6 Å². The Kier molecular flexibility index (Phi) is 4.30. The van der Waals surface area contributed by atoms with Crippen molar-refractivity contribution in [3.05, 3.63) is 66.4 Å². The lowest BCUT2D eigenvalue weighted by Gasteiger charge is -2.18. The minimum absolute atomic E-state index is 0.0565. The van der Waals surface area contributed by atoms with Gasteiger partial charge in [-0.15, -0.1) is 5.10 Å². The Labute approximate surface area is 149 Å². The van der Waals surface area contributed by atoms with E-state index in [9.17, 15) is 9.18 Å². The van der Waals surface area contributed by atoms with Crippen molar-refractivity contribution in [2.45, 2.75) is 12.5 Å². The second kappa shape index (κ2) is 6.91.